The van der Waals surface area contributed by atoms with E-state index in [2.05, 4.69) is 0 Å². The van der Waals surface area contributed by atoms with E-state index < -0.39 is 0 Å². The molecule has 1 heterocycles. The van der Waals surface area contributed by atoms with Crippen LogP contribution in [-0.2, 0) is 4.79 Å². The standard InChI is InChI=1S/C8H11NO2/c1-6-2-3-8(11-6)7(9)4-5-10/h2-3,5,7H,4,9H2,1H3. The summed E-state index contributed by atoms with van der Waals surface area (Å²) in [6, 6.07) is 3.34. The van der Waals surface area contributed by atoms with E-state index in [0.717, 1.165) is 12.0 Å². The summed E-state index contributed by atoms with van der Waals surface area (Å²) < 4.78 is 5.21. The topological polar surface area (TPSA) is 56.2 Å². The fraction of sp³-hybridized carbons (Fsp3) is 0.375. The van der Waals surface area contributed by atoms with Gasteiger partial charge in [0, 0.05) is 6.42 Å². The van der Waals surface area contributed by atoms with Crippen molar-refractivity contribution in [3.8, 4) is 0 Å². The summed E-state index contributed by atoms with van der Waals surface area (Å²) in [6.45, 7) is 1.84. The highest BCUT2D eigenvalue weighted by Crippen LogP contribution is 2.15. The first-order valence-electron chi connectivity index (χ1n) is 3.49. The SMILES string of the molecule is Cc1ccc(C(N)CC=O)o1. The molecule has 0 aliphatic heterocycles. The molecule has 0 bridgehead atoms. The van der Waals surface area contributed by atoms with E-state index in [9.17, 15) is 4.79 Å². The maximum atomic E-state index is 10.1. The van der Waals surface area contributed by atoms with Crippen LogP contribution in [0, 0.1) is 6.92 Å². The highest BCUT2D eigenvalue weighted by atomic mass is 16.3. The zero-order valence-electron chi connectivity index (χ0n) is 6.41. The van der Waals surface area contributed by atoms with Gasteiger partial charge in [-0.25, -0.2) is 0 Å². The zero-order chi connectivity index (χ0) is 8.27. The number of nitrogens with two attached hydrogens (primary N) is 1. The summed E-state index contributed by atoms with van der Waals surface area (Å²) in [4.78, 5) is 10.1. The molecule has 0 radical (unpaired) electrons. The van der Waals surface area contributed by atoms with Crippen LogP contribution < -0.4 is 5.73 Å². The van der Waals surface area contributed by atoms with E-state index in [1.807, 2.05) is 13.0 Å². The fourth-order valence-corrected chi connectivity index (χ4v) is 0.873. The molecule has 0 fully saturated rings. The van der Waals surface area contributed by atoms with Gasteiger partial charge in [0.15, 0.2) is 0 Å². The third-order valence-corrected chi connectivity index (χ3v) is 1.48. The molecule has 0 amide bonds. The van der Waals surface area contributed by atoms with Crippen LogP contribution in [0.4, 0.5) is 0 Å². The van der Waals surface area contributed by atoms with Crippen LogP contribution in [0.2, 0.25) is 0 Å². The lowest BCUT2D eigenvalue weighted by atomic mass is 10.2. The number of carbonyl (C=O) groups excluding carboxylic acids is 1. The molecular formula is C8H11NO2. The summed E-state index contributed by atoms with van der Waals surface area (Å²) in [7, 11) is 0. The average Bonchev–Trinajstić information content (AvgIpc) is 2.36. The third kappa shape index (κ3) is 1.91. The quantitative estimate of drug-likeness (QED) is 0.663. The highest BCUT2D eigenvalue weighted by molar-refractivity contribution is 5.50. The lowest BCUT2D eigenvalue weighted by Crippen LogP contribution is -2.09. The molecule has 2 N–H and O–H groups in total. The second-order valence-electron chi connectivity index (χ2n) is 2.46. The molecule has 0 aliphatic rings. The molecule has 1 aromatic heterocycles. The maximum absolute atomic E-state index is 10.1. The molecule has 3 heteroatoms. The maximum Gasteiger partial charge on any atom is 0.122 e. The molecular weight excluding hydrogens is 142 g/mol. The molecule has 0 saturated heterocycles. The molecule has 0 saturated carbocycles. The first kappa shape index (κ1) is 8.01. The number of rotatable bonds is 3. The fourth-order valence-electron chi connectivity index (χ4n) is 0.873. The minimum atomic E-state index is -0.291. The van der Waals surface area contributed by atoms with Gasteiger partial charge in [0.25, 0.3) is 0 Å². The van der Waals surface area contributed by atoms with Crippen molar-refractivity contribution >= 4 is 6.29 Å². The molecule has 3 nitrogen and oxygen atoms in total. The summed E-state index contributed by atoms with van der Waals surface area (Å²) in [5.41, 5.74) is 5.59. The number of aryl methyl sites for hydroxylation is 1. The molecule has 0 spiro atoms. The van der Waals surface area contributed by atoms with Crippen molar-refractivity contribution in [2.24, 2.45) is 5.73 Å². The summed E-state index contributed by atoms with van der Waals surface area (Å²) in [5, 5.41) is 0. The highest BCUT2D eigenvalue weighted by Gasteiger charge is 2.08. The van der Waals surface area contributed by atoms with Gasteiger partial charge >= 0.3 is 0 Å². The number of hydrogen-bond donors (Lipinski definition) is 1. The Morgan fingerprint density at radius 2 is 2.45 bits per heavy atom. The predicted octanol–water partition coefficient (Wildman–Crippen LogP) is 1.18. The van der Waals surface area contributed by atoms with Crippen LogP contribution >= 0.6 is 0 Å². The number of furan rings is 1. The van der Waals surface area contributed by atoms with Gasteiger partial charge in [-0.2, -0.15) is 0 Å². The van der Waals surface area contributed by atoms with Crippen molar-refractivity contribution in [2.75, 3.05) is 0 Å². The molecule has 60 valence electrons. The van der Waals surface area contributed by atoms with Crippen LogP contribution in [0.3, 0.4) is 0 Å². The van der Waals surface area contributed by atoms with Gasteiger partial charge < -0.3 is 14.9 Å². The third-order valence-electron chi connectivity index (χ3n) is 1.48. The van der Waals surface area contributed by atoms with Crippen molar-refractivity contribution < 1.29 is 9.21 Å². The molecule has 1 rings (SSSR count). The van der Waals surface area contributed by atoms with E-state index in [1.54, 1.807) is 6.07 Å². The van der Waals surface area contributed by atoms with Gasteiger partial charge in [-0.15, -0.1) is 0 Å². The van der Waals surface area contributed by atoms with Crippen molar-refractivity contribution in [3.05, 3.63) is 23.7 Å². The Hall–Kier alpha value is -1.09. The summed E-state index contributed by atoms with van der Waals surface area (Å²) in [5.74, 6) is 1.50. The number of carbonyl (C=O) groups is 1. The lowest BCUT2D eigenvalue weighted by molar-refractivity contribution is -0.108. The van der Waals surface area contributed by atoms with Crippen LogP contribution in [0.1, 0.15) is 24.0 Å². The first-order chi connectivity index (χ1) is 5.24. The van der Waals surface area contributed by atoms with Gasteiger partial charge in [-0.1, -0.05) is 0 Å². The average molecular weight is 153 g/mol. The largest absolute Gasteiger partial charge is 0.465 e. The van der Waals surface area contributed by atoms with Crippen LogP contribution in [0.5, 0.6) is 0 Å². The Morgan fingerprint density at radius 3 is 2.91 bits per heavy atom. The van der Waals surface area contributed by atoms with Gasteiger partial charge in [-0.3, -0.25) is 0 Å². The second-order valence-corrected chi connectivity index (χ2v) is 2.46. The van der Waals surface area contributed by atoms with Crippen molar-refractivity contribution in [2.45, 2.75) is 19.4 Å². The Balaban J connectivity index is 2.67. The molecule has 0 aliphatic carbocycles. The Kier molecular flexibility index (Phi) is 2.44. The minimum Gasteiger partial charge on any atom is -0.465 e. The molecule has 1 unspecified atom stereocenters. The monoisotopic (exact) mass is 153 g/mol. The van der Waals surface area contributed by atoms with Crippen LogP contribution in [-0.4, -0.2) is 6.29 Å². The van der Waals surface area contributed by atoms with E-state index in [4.69, 9.17) is 10.2 Å². The van der Waals surface area contributed by atoms with Crippen molar-refractivity contribution in [1.82, 2.24) is 0 Å². The van der Waals surface area contributed by atoms with Crippen molar-refractivity contribution in [1.29, 1.82) is 0 Å². The van der Waals surface area contributed by atoms with Crippen molar-refractivity contribution in [3.63, 3.8) is 0 Å². The van der Waals surface area contributed by atoms with E-state index in [0.29, 0.717) is 12.2 Å². The number of aldehydes is 1. The normalized spacial score (nSPS) is 12.9. The van der Waals surface area contributed by atoms with Crippen LogP contribution in [0.15, 0.2) is 16.5 Å². The zero-order valence-corrected chi connectivity index (χ0v) is 6.41. The lowest BCUT2D eigenvalue weighted by Gasteiger charge is -2.01. The second kappa shape index (κ2) is 3.34. The van der Waals surface area contributed by atoms with E-state index in [1.165, 1.54) is 0 Å². The van der Waals surface area contributed by atoms with Gasteiger partial charge in [0.1, 0.15) is 17.8 Å². The predicted molar refractivity (Wildman–Crippen MR) is 41.1 cm³/mol. The smallest absolute Gasteiger partial charge is 0.122 e. The summed E-state index contributed by atoms with van der Waals surface area (Å²) in [6.07, 6.45) is 1.11. The van der Waals surface area contributed by atoms with Gasteiger partial charge in [-0.05, 0) is 19.1 Å². The molecule has 0 aromatic carbocycles. The summed E-state index contributed by atoms with van der Waals surface area (Å²) >= 11 is 0. The Labute approximate surface area is 65.2 Å². The van der Waals surface area contributed by atoms with Crippen LogP contribution in [0.25, 0.3) is 0 Å². The minimum absolute atomic E-state index is 0.291. The molecule has 1 atom stereocenters. The molecule has 1 aromatic rings. The van der Waals surface area contributed by atoms with Gasteiger partial charge in [0.05, 0.1) is 6.04 Å². The Bertz CT molecular complexity index is 242. The molecule has 11 heavy (non-hydrogen) atoms. The van der Waals surface area contributed by atoms with Gasteiger partial charge in [0.2, 0.25) is 0 Å². The van der Waals surface area contributed by atoms with E-state index >= 15 is 0 Å². The van der Waals surface area contributed by atoms with E-state index in [-0.39, 0.29) is 6.04 Å². The number of hydrogen-bond acceptors (Lipinski definition) is 3. The first-order valence-corrected chi connectivity index (χ1v) is 3.49. The Morgan fingerprint density at radius 1 is 1.73 bits per heavy atom.